The molecule has 0 fully saturated rings. The van der Waals surface area contributed by atoms with E-state index in [1.807, 2.05) is 5.32 Å². The Labute approximate surface area is 159 Å². The Morgan fingerprint density at radius 2 is 1.89 bits per heavy atom. The molecule has 0 saturated heterocycles. The van der Waals surface area contributed by atoms with Gasteiger partial charge in [0.25, 0.3) is 5.91 Å². The van der Waals surface area contributed by atoms with Crippen molar-refractivity contribution >= 4 is 44.9 Å². The number of halogens is 6. The van der Waals surface area contributed by atoms with Crippen LogP contribution in [0.15, 0.2) is 27.4 Å². The molecule has 0 spiro atoms. The van der Waals surface area contributed by atoms with Crippen LogP contribution in [0, 0.1) is 0 Å². The van der Waals surface area contributed by atoms with Gasteiger partial charge < -0.3 is 9.52 Å². The molecule has 0 unspecified atom stereocenters. The Kier molecular flexibility index (Phi) is 4.75. The summed E-state index contributed by atoms with van der Waals surface area (Å²) in [4.78, 5) is 24.2. The number of fused-ring (bicyclic) bond motifs is 1. The minimum atomic E-state index is -4.72. The highest BCUT2D eigenvalue weighted by molar-refractivity contribution is 7.15. The molecule has 0 aliphatic carbocycles. The Morgan fingerprint density at radius 3 is 2.46 bits per heavy atom. The van der Waals surface area contributed by atoms with E-state index < -0.39 is 55.7 Å². The van der Waals surface area contributed by atoms with E-state index in [-0.39, 0.29) is 16.7 Å². The van der Waals surface area contributed by atoms with E-state index in [4.69, 9.17) is 11.6 Å². The molecule has 0 radical (unpaired) electrons. The number of anilines is 1. The fourth-order valence-corrected chi connectivity index (χ4v) is 2.87. The Hall–Kier alpha value is -2.80. The van der Waals surface area contributed by atoms with Gasteiger partial charge in [-0.05, 0) is 29.8 Å². The lowest BCUT2D eigenvalue weighted by Crippen LogP contribution is -2.21. The summed E-state index contributed by atoms with van der Waals surface area (Å²) >= 11 is 4.97. The normalized spacial score (nSPS) is 12.4. The predicted molar refractivity (Wildman–Crippen MR) is 86.8 cm³/mol. The zero-order valence-electron chi connectivity index (χ0n) is 13.0. The summed E-state index contributed by atoms with van der Waals surface area (Å²) in [6, 6.07) is 1.91. The van der Waals surface area contributed by atoms with Crippen LogP contribution < -0.4 is 10.9 Å². The van der Waals surface area contributed by atoms with E-state index in [9.17, 15) is 36.6 Å². The molecule has 2 heterocycles. The van der Waals surface area contributed by atoms with Crippen molar-refractivity contribution in [2.24, 2.45) is 0 Å². The highest BCUT2D eigenvalue weighted by Gasteiger charge is 2.34. The molecule has 7 nitrogen and oxygen atoms in total. The number of carbonyl (C=O) groups is 1. The Balaban J connectivity index is 2.00. The van der Waals surface area contributed by atoms with Crippen molar-refractivity contribution in [1.82, 2.24) is 10.2 Å². The summed E-state index contributed by atoms with van der Waals surface area (Å²) in [5.41, 5.74) is -4.15. The standard InChI is InChI=1S/C14H5ClF5N3O4S/c15-13(16,17)11-22-23-12(28-11)21-9(25)7-8(24)5-2-1-4(14(18,19)20)3-6(5)27-10(7)26/h1-3,24H,(H,21,23,25). The van der Waals surface area contributed by atoms with E-state index in [1.54, 1.807) is 0 Å². The highest BCUT2D eigenvalue weighted by Crippen LogP contribution is 2.36. The number of rotatable bonds is 3. The fraction of sp³-hybridized carbons (Fsp3) is 0.143. The number of alkyl halides is 6. The summed E-state index contributed by atoms with van der Waals surface area (Å²) in [5, 5.41) is 12.8. The minimum Gasteiger partial charge on any atom is -0.506 e. The van der Waals surface area contributed by atoms with Gasteiger partial charge in [0.15, 0.2) is 5.56 Å². The van der Waals surface area contributed by atoms with Gasteiger partial charge in [-0.25, -0.2) is 4.79 Å². The minimum absolute atomic E-state index is 0.207. The number of nitrogens with zero attached hydrogens (tertiary/aromatic N) is 2. The second-order valence-corrected chi connectivity index (χ2v) is 6.64. The van der Waals surface area contributed by atoms with Crippen molar-refractivity contribution < 1.29 is 36.3 Å². The van der Waals surface area contributed by atoms with Crippen LogP contribution in [0.2, 0.25) is 0 Å². The van der Waals surface area contributed by atoms with Crippen LogP contribution in [0.1, 0.15) is 20.9 Å². The van der Waals surface area contributed by atoms with Crippen LogP contribution in [0.4, 0.5) is 27.1 Å². The summed E-state index contributed by atoms with van der Waals surface area (Å²) in [7, 11) is 0. The lowest BCUT2D eigenvalue weighted by molar-refractivity contribution is -0.137. The fourth-order valence-electron chi connectivity index (χ4n) is 2.11. The first-order valence-electron chi connectivity index (χ1n) is 6.97. The number of amides is 1. The van der Waals surface area contributed by atoms with Gasteiger partial charge in [0.05, 0.1) is 10.9 Å². The average molecular weight is 442 g/mol. The molecule has 0 saturated carbocycles. The quantitative estimate of drug-likeness (QED) is 0.363. The Morgan fingerprint density at radius 1 is 1.21 bits per heavy atom. The van der Waals surface area contributed by atoms with Crippen LogP contribution in [0.5, 0.6) is 5.75 Å². The van der Waals surface area contributed by atoms with Gasteiger partial charge in [0.1, 0.15) is 11.3 Å². The van der Waals surface area contributed by atoms with Gasteiger partial charge in [0.2, 0.25) is 10.1 Å². The third-order valence-corrected chi connectivity index (χ3v) is 4.52. The van der Waals surface area contributed by atoms with Crippen LogP contribution in [-0.2, 0) is 11.6 Å². The molecule has 0 bridgehead atoms. The van der Waals surface area contributed by atoms with Crippen molar-refractivity contribution in [3.05, 3.63) is 44.8 Å². The van der Waals surface area contributed by atoms with Crippen molar-refractivity contribution in [3.8, 4) is 5.75 Å². The van der Waals surface area contributed by atoms with E-state index in [2.05, 4.69) is 14.6 Å². The van der Waals surface area contributed by atoms with E-state index in [0.717, 1.165) is 6.07 Å². The lowest BCUT2D eigenvalue weighted by Gasteiger charge is -2.09. The first-order valence-corrected chi connectivity index (χ1v) is 8.16. The first-order chi connectivity index (χ1) is 12.9. The molecule has 0 atom stereocenters. The van der Waals surface area contributed by atoms with Crippen LogP contribution in [-0.4, -0.2) is 21.2 Å². The maximum absolute atomic E-state index is 12.9. The smallest absolute Gasteiger partial charge is 0.416 e. The molecule has 148 valence electrons. The summed E-state index contributed by atoms with van der Waals surface area (Å²) in [6.45, 7) is 0. The molecular formula is C14H5ClF5N3O4S. The number of benzene rings is 1. The van der Waals surface area contributed by atoms with Gasteiger partial charge >= 0.3 is 17.2 Å². The number of aromatic hydroxyl groups is 1. The number of carbonyl (C=O) groups excluding carboxylic acids is 1. The largest absolute Gasteiger partial charge is 0.506 e. The number of nitrogens with one attached hydrogen (secondary N) is 1. The molecule has 28 heavy (non-hydrogen) atoms. The molecular weight excluding hydrogens is 437 g/mol. The van der Waals surface area contributed by atoms with Crippen molar-refractivity contribution in [3.63, 3.8) is 0 Å². The molecule has 3 rings (SSSR count). The maximum Gasteiger partial charge on any atom is 0.416 e. The van der Waals surface area contributed by atoms with E-state index in [0.29, 0.717) is 12.1 Å². The van der Waals surface area contributed by atoms with Crippen LogP contribution in [0.3, 0.4) is 0 Å². The molecule has 2 aromatic heterocycles. The second-order valence-electron chi connectivity index (χ2n) is 5.19. The monoisotopic (exact) mass is 441 g/mol. The average Bonchev–Trinajstić information content (AvgIpc) is 3.02. The van der Waals surface area contributed by atoms with Gasteiger partial charge in [-0.1, -0.05) is 11.3 Å². The van der Waals surface area contributed by atoms with Crippen LogP contribution >= 0.6 is 22.9 Å². The van der Waals surface area contributed by atoms with Crippen LogP contribution in [0.25, 0.3) is 11.0 Å². The van der Waals surface area contributed by atoms with Gasteiger partial charge in [-0.15, -0.1) is 10.2 Å². The van der Waals surface area contributed by atoms with Crippen molar-refractivity contribution in [2.75, 3.05) is 5.32 Å². The van der Waals surface area contributed by atoms with Crippen molar-refractivity contribution in [1.29, 1.82) is 0 Å². The third-order valence-electron chi connectivity index (χ3n) is 3.32. The zero-order valence-corrected chi connectivity index (χ0v) is 14.5. The molecule has 14 heteroatoms. The van der Waals surface area contributed by atoms with Gasteiger partial charge in [-0.3, -0.25) is 10.1 Å². The molecule has 3 aromatic rings. The molecule has 0 aliphatic heterocycles. The third kappa shape index (κ3) is 3.75. The second kappa shape index (κ2) is 6.67. The number of hydrogen-bond acceptors (Lipinski definition) is 7. The maximum atomic E-state index is 12.9. The SMILES string of the molecule is O=C(Nc1nnc(C(F)(F)Cl)s1)c1c(O)c2ccc(C(F)(F)F)cc2oc1=O. The van der Waals surface area contributed by atoms with E-state index in [1.165, 1.54) is 0 Å². The molecule has 1 aromatic carbocycles. The summed E-state index contributed by atoms with van der Waals surface area (Å²) in [6.07, 6.45) is -4.72. The zero-order chi connectivity index (χ0) is 20.9. The first kappa shape index (κ1) is 19.9. The summed E-state index contributed by atoms with van der Waals surface area (Å²) in [5.74, 6) is -2.25. The molecule has 1 amide bonds. The van der Waals surface area contributed by atoms with Crippen molar-refractivity contribution in [2.45, 2.75) is 11.6 Å². The molecule has 2 N–H and O–H groups in total. The lowest BCUT2D eigenvalue weighted by atomic mass is 10.1. The molecule has 0 aliphatic rings. The highest BCUT2D eigenvalue weighted by atomic mass is 35.5. The topological polar surface area (TPSA) is 105 Å². The number of hydrogen-bond donors (Lipinski definition) is 2. The Bertz CT molecular complexity index is 1140. The number of aromatic nitrogens is 2. The van der Waals surface area contributed by atoms with E-state index >= 15 is 0 Å². The summed E-state index contributed by atoms with van der Waals surface area (Å²) < 4.78 is 68.7. The van der Waals surface area contributed by atoms with Gasteiger partial charge in [-0.2, -0.15) is 22.0 Å². The van der Waals surface area contributed by atoms with Gasteiger partial charge in [0, 0.05) is 0 Å². The predicted octanol–water partition coefficient (Wildman–Crippen LogP) is 3.91.